The summed E-state index contributed by atoms with van der Waals surface area (Å²) in [5.74, 6) is -0.269. The van der Waals surface area contributed by atoms with Crippen LogP contribution in [0.1, 0.15) is 11.1 Å². The molecule has 0 atom stereocenters. The molecule has 0 bridgehead atoms. The summed E-state index contributed by atoms with van der Waals surface area (Å²) in [5, 5.41) is 19.9. The first-order valence-corrected chi connectivity index (χ1v) is 6.51. The van der Waals surface area contributed by atoms with E-state index in [0.717, 1.165) is 6.07 Å². The molecule has 0 radical (unpaired) electrons. The molecule has 0 saturated carbocycles. The fraction of sp³-hybridized carbons (Fsp3) is 0.143. The highest BCUT2D eigenvalue weighted by Crippen LogP contribution is 2.35. The number of aromatic hydroxyl groups is 1. The van der Waals surface area contributed by atoms with Crippen molar-refractivity contribution < 1.29 is 19.0 Å². The van der Waals surface area contributed by atoms with E-state index < -0.39 is 17.9 Å². The van der Waals surface area contributed by atoms with Crippen molar-refractivity contribution in [3.63, 3.8) is 0 Å². The van der Waals surface area contributed by atoms with E-state index in [1.165, 1.54) is 12.1 Å². The van der Waals surface area contributed by atoms with Crippen molar-refractivity contribution in [1.82, 2.24) is 0 Å². The minimum atomic E-state index is -0.690. The number of aliphatic hydroxyl groups is 1. The second kappa shape index (κ2) is 4.91. The number of phenolic OH excluding ortho intramolecular Hbond substituents is 1. The predicted molar refractivity (Wildman–Crippen MR) is 75.7 cm³/mol. The second-order valence-corrected chi connectivity index (χ2v) is 4.71. The Balaban J connectivity index is 2.68. The van der Waals surface area contributed by atoms with E-state index in [1.807, 2.05) is 0 Å². The van der Waals surface area contributed by atoms with Gasteiger partial charge in [-0.05, 0) is 11.1 Å². The van der Waals surface area contributed by atoms with Crippen LogP contribution >= 0.6 is 11.6 Å². The van der Waals surface area contributed by atoms with E-state index in [9.17, 15) is 19.8 Å². The van der Waals surface area contributed by atoms with Crippen LogP contribution in [0.2, 0.25) is 0 Å². The molecule has 3 rings (SSSR count). The Morgan fingerprint density at radius 2 is 1.67 bits per heavy atom. The van der Waals surface area contributed by atoms with Gasteiger partial charge in [0.1, 0.15) is 11.3 Å². The molecule has 108 valence electrons. The van der Waals surface area contributed by atoms with Gasteiger partial charge in [0.25, 0.3) is 0 Å². The molecule has 2 heterocycles. The molecule has 6 nitrogen and oxygen atoms in total. The van der Waals surface area contributed by atoms with Crippen LogP contribution in [-0.2, 0) is 12.5 Å². The number of rotatable bonds is 2. The van der Waals surface area contributed by atoms with Crippen molar-refractivity contribution in [2.24, 2.45) is 0 Å². The van der Waals surface area contributed by atoms with Crippen LogP contribution in [0, 0.1) is 0 Å². The number of halogens is 1. The molecular formula is C14H9ClO6. The second-order valence-electron chi connectivity index (χ2n) is 4.45. The lowest BCUT2D eigenvalue weighted by Crippen LogP contribution is -2.04. The lowest BCUT2D eigenvalue weighted by molar-refractivity contribution is 0.282. The van der Waals surface area contributed by atoms with Crippen LogP contribution in [0.5, 0.6) is 5.75 Å². The lowest BCUT2D eigenvalue weighted by Gasteiger charge is -2.09. The van der Waals surface area contributed by atoms with Crippen molar-refractivity contribution in [1.29, 1.82) is 0 Å². The normalized spacial score (nSPS) is 11.3. The molecule has 0 fully saturated rings. The number of phenols is 1. The topological polar surface area (TPSA) is 101 Å². The minimum absolute atomic E-state index is 0.00492. The van der Waals surface area contributed by atoms with Gasteiger partial charge in [0, 0.05) is 24.1 Å². The minimum Gasteiger partial charge on any atom is -0.507 e. The SMILES string of the molecule is O=c1cc(CCl)c2c(cc(O)c3c(CO)cc(=O)oc32)o1. The summed E-state index contributed by atoms with van der Waals surface area (Å²) in [7, 11) is 0. The average molecular weight is 309 g/mol. The highest BCUT2D eigenvalue weighted by atomic mass is 35.5. The number of fused-ring (bicyclic) bond motifs is 3. The van der Waals surface area contributed by atoms with Crippen molar-refractivity contribution >= 4 is 33.5 Å². The van der Waals surface area contributed by atoms with E-state index in [2.05, 4.69) is 0 Å². The van der Waals surface area contributed by atoms with Crippen LogP contribution < -0.4 is 11.3 Å². The van der Waals surface area contributed by atoms with Crippen LogP contribution in [0.15, 0.2) is 36.6 Å². The van der Waals surface area contributed by atoms with Crippen LogP contribution in [0.4, 0.5) is 0 Å². The van der Waals surface area contributed by atoms with E-state index in [1.54, 1.807) is 0 Å². The predicted octanol–water partition coefficient (Wildman–Crippen LogP) is 1.84. The maximum absolute atomic E-state index is 11.6. The summed E-state index contributed by atoms with van der Waals surface area (Å²) in [4.78, 5) is 23.1. The third-order valence-corrected chi connectivity index (χ3v) is 3.47. The van der Waals surface area contributed by atoms with Crippen molar-refractivity contribution in [3.8, 4) is 5.75 Å². The molecule has 7 heteroatoms. The maximum Gasteiger partial charge on any atom is 0.336 e. The number of hydrogen-bond acceptors (Lipinski definition) is 6. The summed E-state index contributed by atoms with van der Waals surface area (Å²) in [6.07, 6.45) is 0. The molecule has 2 aromatic heterocycles. The van der Waals surface area contributed by atoms with Crippen molar-refractivity contribution in [2.75, 3.05) is 0 Å². The summed E-state index contributed by atoms with van der Waals surface area (Å²) in [6, 6.07) is 3.51. The highest BCUT2D eigenvalue weighted by molar-refractivity contribution is 6.19. The summed E-state index contributed by atoms with van der Waals surface area (Å²) in [6.45, 7) is -0.450. The summed E-state index contributed by atoms with van der Waals surface area (Å²) >= 11 is 5.82. The Bertz CT molecular complexity index is 969. The van der Waals surface area contributed by atoms with Gasteiger partial charge in [-0.25, -0.2) is 9.59 Å². The van der Waals surface area contributed by atoms with Gasteiger partial charge in [-0.2, -0.15) is 0 Å². The molecular weight excluding hydrogens is 300 g/mol. The Labute approximate surface area is 121 Å². The van der Waals surface area contributed by atoms with Gasteiger partial charge in [0.2, 0.25) is 0 Å². The molecule has 0 amide bonds. The zero-order chi connectivity index (χ0) is 15.1. The van der Waals surface area contributed by atoms with Gasteiger partial charge in [-0.1, -0.05) is 0 Å². The molecule has 0 unspecified atom stereocenters. The quantitative estimate of drug-likeness (QED) is 0.425. The number of aliphatic hydroxyl groups excluding tert-OH is 1. The molecule has 0 aliphatic rings. The monoisotopic (exact) mass is 308 g/mol. The van der Waals surface area contributed by atoms with Gasteiger partial charge in [0.15, 0.2) is 5.58 Å². The lowest BCUT2D eigenvalue weighted by atomic mass is 10.0. The van der Waals surface area contributed by atoms with Crippen LogP contribution in [-0.4, -0.2) is 10.2 Å². The van der Waals surface area contributed by atoms with Gasteiger partial charge in [0.05, 0.1) is 17.4 Å². The number of benzene rings is 1. The first-order valence-electron chi connectivity index (χ1n) is 5.97. The zero-order valence-corrected chi connectivity index (χ0v) is 11.3. The smallest absolute Gasteiger partial charge is 0.336 e. The highest BCUT2D eigenvalue weighted by Gasteiger charge is 2.17. The van der Waals surface area contributed by atoms with Crippen molar-refractivity contribution in [2.45, 2.75) is 12.5 Å². The standard InChI is InChI=1S/C14H9ClO6/c15-4-6-1-10(18)20-9-3-8(17)12-7(5-16)2-11(19)21-14(12)13(6)9/h1-3,16-17H,4-5H2. The largest absolute Gasteiger partial charge is 0.507 e. The first kappa shape index (κ1) is 13.7. The molecule has 0 aliphatic carbocycles. The van der Waals surface area contributed by atoms with Gasteiger partial charge < -0.3 is 19.0 Å². The molecule has 0 saturated heterocycles. The average Bonchev–Trinajstić information content (AvgIpc) is 2.44. The Morgan fingerprint density at radius 3 is 2.33 bits per heavy atom. The third-order valence-electron chi connectivity index (χ3n) is 3.18. The summed E-state index contributed by atoms with van der Waals surface area (Å²) < 4.78 is 10.1. The maximum atomic E-state index is 11.6. The van der Waals surface area contributed by atoms with E-state index >= 15 is 0 Å². The summed E-state index contributed by atoms with van der Waals surface area (Å²) in [5.41, 5.74) is -0.608. The molecule has 3 aromatic rings. The van der Waals surface area contributed by atoms with Gasteiger partial charge in [-0.15, -0.1) is 11.6 Å². The molecule has 0 spiro atoms. The number of alkyl halides is 1. The fourth-order valence-corrected chi connectivity index (χ4v) is 2.56. The van der Waals surface area contributed by atoms with Crippen LogP contribution in [0.25, 0.3) is 21.9 Å². The van der Waals surface area contributed by atoms with Gasteiger partial charge in [-0.3, -0.25) is 0 Å². The molecule has 0 aliphatic heterocycles. The molecule has 1 aromatic carbocycles. The van der Waals surface area contributed by atoms with Crippen LogP contribution in [0.3, 0.4) is 0 Å². The molecule has 2 N–H and O–H groups in total. The fourth-order valence-electron chi connectivity index (χ4n) is 2.35. The van der Waals surface area contributed by atoms with E-state index in [-0.39, 0.29) is 33.7 Å². The van der Waals surface area contributed by atoms with Crippen molar-refractivity contribution in [3.05, 3.63) is 50.2 Å². The van der Waals surface area contributed by atoms with E-state index in [4.69, 9.17) is 20.4 Å². The Kier molecular flexibility index (Phi) is 3.19. The Hall–Kier alpha value is -2.31. The first-order chi connectivity index (χ1) is 10.0. The molecule has 21 heavy (non-hydrogen) atoms. The van der Waals surface area contributed by atoms with Gasteiger partial charge >= 0.3 is 11.3 Å². The van der Waals surface area contributed by atoms with E-state index in [0.29, 0.717) is 10.9 Å². The number of hydrogen-bond donors (Lipinski definition) is 2. The third kappa shape index (κ3) is 2.09. The Morgan fingerprint density at radius 1 is 1.00 bits per heavy atom. The zero-order valence-electron chi connectivity index (χ0n) is 10.6.